The summed E-state index contributed by atoms with van der Waals surface area (Å²) in [5.41, 5.74) is 1.72. The van der Waals surface area contributed by atoms with Gasteiger partial charge in [0.15, 0.2) is 0 Å². The van der Waals surface area contributed by atoms with Gasteiger partial charge in [-0.3, -0.25) is 9.59 Å². The lowest BCUT2D eigenvalue weighted by Crippen LogP contribution is -2.50. The molecule has 2 bridgehead atoms. The van der Waals surface area contributed by atoms with E-state index in [0.29, 0.717) is 22.9 Å². The van der Waals surface area contributed by atoms with Crippen molar-refractivity contribution in [3.63, 3.8) is 0 Å². The van der Waals surface area contributed by atoms with Crippen LogP contribution >= 0.6 is 0 Å². The second-order valence-electron chi connectivity index (χ2n) is 8.73. The first kappa shape index (κ1) is 20.3. The number of benzene rings is 1. The minimum absolute atomic E-state index is 0.0506. The number of nitrogens with zero attached hydrogens (tertiary/aromatic N) is 3. The number of hydrogen-bond donors (Lipinski definition) is 2. The highest BCUT2D eigenvalue weighted by Gasteiger charge is 2.43. The van der Waals surface area contributed by atoms with Gasteiger partial charge in [0, 0.05) is 23.9 Å². The molecule has 1 aromatic carbocycles. The minimum atomic E-state index is -0.913. The van der Waals surface area contributed by atoms with E-state index in [-0.39, 0.29) is 35.4 Å². The van der Waals surface area contributed by atoms with Crippen LogP contribution in [0, 0.1) is 34.4 Å². The lowest BCUT2D eigenvalue weighted by Gasteiger charge is -2.25. The molecule has 0 radical (unpaired) electrons. The smallest absolute Gasteiger partial charge is 0.277 e. The van der Waals surface area contributed by atoms with E-state index in [0.717, 1.165) is 19.3 Å². The van der Waals surface area contributed by atoms with E-state index in [2.05, 4.69) is 15.6 Å². The Hall–Kier alpha value is -3.62. The summed E-state index contributed by atoms with van der Waals surface area (Å²) in [7, 11) is 0. The molecule has 1 aromatic rings. The largest absolute Gasteiger partial charge is 0.339 e. The van der Waals surface area contributed by atoms with Gasteiger partial charge in [0.05, 0.1) is 29.5 Å². The van der Waals surface area contributed by atoms with Crippen molar-refractivity contribution in [3.8, 4) is 12.1 Å². The van der Waals surface area contributed by atoms with Gasteiger partial charge in [-0.15, -0.1) is 0 Å². The number of amides is 2. The number of allylic oxidation sites excluding steroid dienone is 4. The number of carbonyl (C=O) groups is 2. The van der Waals surface area contributed by atoms with Gasteiger partial charge in [0.25, 0.3) is 5.91 Å². The first-order valence-corrected chi connectivity index (χ1v) is 10.7. The van der Waals surface area contributed by atoms with Gasteiger partial charge in [0.2, 0.25) is 5.91 Å². The molecule has 32 heavy (non-hydrogen) atoms. The fraction of sp³-hybridized carbons (Fsp3) is 0.375. The number of hydrogen-bond acceptors (Lipinski definition) is 5. The highest BCUT2D eigenvalue weighted by Crippen LogP contribution is 2.36. The number of fused-ring (bicyclic) bond motifs is 5. The van der Waals surface area contributed by atoms with Gasteiger partial charge >= 0.3 is 0 Å². The molecule has 2 N–H and O–H groups in total. The Kier molecular flexibility index (Phi) is 4.96. The minimum Gasteiger partial charge on any atom is -0.339 e. The molecule has 160 valence electrons. The van der Waals surface area contributed by atoms with Crippen LogP contribution in [0.15, 0.2) is 40.9 Å². The normalized spacial score (nSPS) is 28.0. The van der Waals surface area contributed by atoms with Gasteiger partial charge < -0.3 is 10.6 Å². The van der Waals surface area contributed by atoms with E-state index >= 15 is 0 Å². The molecule has 5 atom stereocenters. The second-order valence-corrected chi connectivity index (χ2v) is 8.73. The molecule has 2 amide bonds. The van der Waals surface area contributed by atoms with Gasteiger partial charge in [-0.25, -0.2) is 9.38 Å². The number of aliphatic imine (C=N–C) groups is 1. The van der Waals surface area contributed by atoms with E-state index in [1.165, 1.54) is 18.2 Å². The van der Waals surface area contributed by atoms with Crippen LogP contribution in [0.2, 0.25) is 0 Å². The van der Waals surface area contributed by atoms with Gasteiger partial charge in [0.1, 0.15) is 11.9 Å². The van der Waals surface area contributed by atoms with Crippen LogP contribution in [-0.4, -0.2) is 35.7 Å². The molecule has 2 fully saturated rings. The molecule has 7 nitrogen and oxygen atoms in total. The summed E-state index contributed by atoms with van der Waals surface area (Å²) in [4.78, 5) is 29.3. The van der Waals surface area contributed by atoms with Crippen LogP contribution in [0.3, 0.4) is 0 Å². The maximum Gasteiger partial charge on any atom is 0.277 e. The fourth-order valence-corrected chi connectivity index (χ4v) is 5.20. The van der Waals surface area contributed by atoms with Crippen LogP contribution < -0.4 is 10.6 Å². The average molecular weight is 429 g/mol. The van der Waals surface area contributed by atoms with Crippen LogP contribution in [-0.2, 0) is 11.2 Å². The van der Waals surface area contributed by atoms with Crippen molar-refractivity contribution in [2.75, 3.05) is 0 Å². The SMILES string of the molecule is N#CC1=CC2=NC(=O)c3cc(CC(C#N)NC(=O)[C@H]4N[C@@H]5CC[C@H]4C5)c(F)cc3C2C=C1. The fourth-order valence-electron chi connectivity index (χ4n) is 5.20. The number of nitriles is 2. The number of nitrogens with one attached hydrogen (secondary N) is 2. The summed E-state index contributed by atoms with van der Waals surface area (Å²) in [5, 5.41) is 24.6. The van der Waals surface area contributed by atoms with Crippen molar-refractivity contribution in [1.29, 1.82) is 10.5 Å². The predicted molar refractivity (Wildman–Crippen MR) is 113 cm³/mol. The van der Waals surface area contributed by atoms with E-state index in [9.17, 15) is 19.2 Å². The maximum atomic E-state index is 15.0. The number of carbonyl (C=O) groups excluding carboxylic acids is 2. The highest BCUT2D eigenvalue weighted by atomic mass is 19.1. The molecule has 0 spiro atoms. The standard InChI is InChI=1S/C24H20FN5O2/c25-20-9-18-17-4-1-12(10-26)5-21(17)30-23(31)19(18)8-14(20)7-16(11-27)29-24(32)22-13-2-3-15(6-13)28-22/h1,4-5,8-9,13,15-17,22,28H,2-3,6-7H2,(H,29,32)/t13-,15+,16?,17?,22-/m0/s1. The molecule has 2 heterocycles. The van der Waals surface area contributed by atoms with E-state index < -0.39 is 23.7 Å². The van der Waals surface area contributed by atoms with Crippen molar-refractivity contribution >= 4 is 17.5 Å². The molecule has 2 unspecified atom stereocenters. The van der Waals surface area contributed by atoms with Crippen molar-refractivity contribution in [2.24, 2.45) is 10.9 Å². The molecule has 0 aromatic heterocycles. The summed E-state index contributed by atoms with van der Waals surface area (Å²) in [6.45, 7) is 0. The van der Waals surface area contributed by atoms with Crippen LogP contribution in [0.25, 0.3) is 0 Å². The molecule has 2 aliphatic heterocycles. The van der Waals surface area contributed by atoms with Crippen LogP contribution in [0.4, 0.5) is 4.39 Å². The first-order chi connectivity index (χ1) is 15.5. The molecule has 5 rings (SSSR count). The summed E-state index contributed by atoms with van der Waals surface area (Å²) >= 11 is 0. The summed E-state index contributed by atoms with van der Waals surface area (Å²) in [6.07, 6.45) is 7.87. The quantitative estimate of drug-likeness (QED) is 0.761. The third-order valence-electron chi connectivity index (χ3n) is 6.77. The van der Waals surface area contributed by atoms with E-state index in [1.807, 2.05) is 12.1 Å². The van der Waals surface area contributed by atoms with E-state index in [4.69, 9.17) is 5.26 Å². The molecule has 1 saturated heterocycles. The average Bonchev–Trinajstić information content (AvgIpc) is 3.43. The zero-order valence-electron chi connectivity index (χ0n) is 17.1. The number of rotatable bonds is 4. The van der Waals surface area contributed by atoms with E-state index in [1.54, 1.807) is 12.2 Å². The third kappa shape index (κ3) is 3.43. The zero-order valence-corrected chi connectivity index (χ0v) is 17.1. The Balaban J connectivity index is 1.36. The summed E-state index contributed by atoms with van der Waals surface area (Å²) in [6, 6.07) is 5.91. The Morgan fingerprint density at radius 3 is 2.88 bits per heavy atom. The van der Waals surface area contributed by atoms with Crippen LogP contribution in [0.1, 0.15) is 46.7 Å². The third-order valence-corrected chi connectivity index (χ3v) is 6.77. The van der Waals surface area contributed by atoms with Gasteiger partial charge in [-0.05, 0) is 60.6 Å². The lowest BCUT2D eigenvalue weighted by molar-refractivity contribution is -0.124. The van der Waals surface area contributed by atoms with Gasteiger partial charge in [-0.2, -0.15) is 10.5 Å². The monoisotopic (exact) mass is 429 g/mol. The predicted octanol–water partition coefficient (Wildman–Crippen LogP) is 2.22. The molecular formula is C24H20FN5O2. The Morgan fingerprint density at radius 1 is 1.34 bits per heavy atom. The highest BCUT2D eigenvalue weighted by molar-refractivity contribution is 6.16. The van der Waals surface area contributed by atoms with Crippen molar-refractivity contribution < 1.29 is 14.0 Å². The Bertz CT molecular complexity index is 1200. The maximum absolute atomic E-state index is 15.0. The topological polar surface area (TPSA) is 118 Å². The summed E-state index contributed by atoms with van der Waals surface area (Å²) in [5.74, 6) is -1.42. The Morgan fingerprint density at radius 2 is 2.19 bits per heavy atom. The van der Waals surface area contributed by atoms with Crippen molar-refractivity contribution in [3.05, 3.63) is 58.4 Å². The number of piperidine rings is 1. The van der Waals surface area contributed by atoms with Crippen LogP contribution in [0.5, 0.6) is 0 Å². The molecule has 2 aliphatic carbocycles. The second kappa shape index (κ2) is 7.81. The molecule has 8 heteroatoms. The molecule has 4 aliphatic rings. The van der Waals surface area contributed by atoms with Gasteiger partial charge in [-0.1, -0.05) is 6.08 Å². The Labute approximate surface area is 184 Å². The zero-order chi connectivity index (χ0) is 22.4. The summed E-state index contributed by atoms with van der Waals surface area (Å²) < 4.78 is 15.0. The number of halogens is 1. The van der Waals surface area contributed by atoms with Crippen molar-refractivity contribution in [1.82, 2.24) is 10.6 Å². The lowest BCUT2D eigenvalue weighted by atomic mass is 9.82. The van der Waals surface area contributed by atoms with Crippen molar-refractivity contribution in [2.45, 2.75) is 49.7 Å². The first-order valence-electron chi connectivity index (χ1n) is 10.7. The molecular weight excluding hydrogens is 409 g/mol. The molecule has 1 saturated carbocycles.